The van der Waals surface area contributed by atoms with Gasteiger partial charge in [0.1, 0.15) is 0 Å². The number of alkyl halides is 2. The molecular weight excluding hydrogens is 348 g/mol. The van der Waals surface area contributed by atoms with Crippen LogP contribution in [0.3, 0.4) is 0 Å². The van der Waals surface area contributed by atoms with E-state index in [0.29, 0.717) is 24.2 Å². The summed E-state index contributed by atoms with van der Waals surface area (Å²) in [5.74, 6) is 0.859. The second kappa shape index (κ2) is 6.84. The van der Waals surface area contributed by atoms with Crippen molar-refractivity contribution < 1.29 is 18.7 Å². The van der Waals surface area contributed by atoms with Crippen molar-refractivity contribution in [3.8, 4) is 0 Å². The first kappa shape index (κ1) is 18.9. The predicted octanol–water partition coefficient (Wildman–Crippen LogP) is 4.35. The molecule has 3 aliphatic rings. The van der Waals surface area contributed by atoms with E-state index < -0.39 is 12.0 Å². The molecule has 0 aromatic heterocycles. The van der Waals surface area contributed by atoms with Gasteiger partial charge in [-0.05, 0) is 63.4 Å². The fourth-order valence-electron chi connectivity index (χ4n) is 5.30. The molecule has 148 valence electrons. The van der Waals surface area contributed by atoms with E-state index >= 15 is 0 Å². The van der Waals surface area contributed by atoms with Crippen LogP contribution in [0.25, 0.3) is 0 Å². The Morgan fingerprint density at radius 2 is 1.78 bits per heavy atom. The van der Waals surface area contributed by atoms with Gasteiger partial charge >= 0.3 is 0 Å². The summed E-state index contributed by atoms with van der Waals surface area (Å²) in [6, 6.07) is 6.75. The van der Waals surface area contributed by atoms with Crippen LogP contribution in [-0.4, -0.2) is 34.6 Å². The fraction of sp³-hybridized carbons (Fsp3) is 0.682. The number of rotatable bonds is 4. The zero-order valence-corrected chi connectivity index (χ0v) is 16.0. The number of carbonyl (C=O) groups excluding carboxylic acids is 1. The molecule has 1 N–H and O–H groups in total. The van der Waals surface area contributed by atoms with Gasteiger partial charge in [-0.3, -0.25) is 4.79 Å². The summed E-state index contributed by atoms with van der Waals surface area (Å²) in [4.78, 5) is 14.5. The first-order chi connectivity index (χ1) is 12.8. The van der Waals surface area contributed by atoms with Gasteiger partial charge in [0.25, 0.3) is 6.43 Å². The summed E-state index contributed by atoms with van der Waals surface area (Å²) < 4.78 is 25.3. The van der Waals surface area contributed by atoms with Crippen molar-refractivity contribution in [2.75, 3.05) is 13.1 Å². The molecule has 1 aromatic rings. The number of amides is 1. The lowest BCUT2D eigenvalue weighted by Gasteiger charge is -2.55. The smallest absolute Gasteiger partial charge is 0.263 e. The highest BCUT2D eigenvalue weighted by Crippen LogP contribution is 2.48. The number of hydrogen-bond acceptors (Lipinski definition) is 2. The summed E-state index contributed by atoms with van der Waals surface area (Å²) in [7, 11) is 0. The number of likely N-dealkylation sites (tertiary alicyclic amines) is 1. The Morgan fingerprint density at radius 3 is 2.30 bits per heavy atom. The van der Waals surface area contributed by atoms with Crippen LogP contribution in [0.15, 0.2) is 24.3 Å². The van der Waals surface area contributed by atoms with Crippen molar-refractivity contribution in [2.45, 2.75) is 63.9 Å². The van der Waals surface area contributed by atoms with Crippen molar-refractivity contribution >= 4 is 5.91 Å². The molecular formula is C22H29F2NO2. The van der Waals surface area contributed by atoms with Crippen molar-refractivity contribution in [1.29, 1.82) is 0 Å². The minimum absolute atomic E-state index is 0.0184. The van der Waals surface area contributed by atoms with E-state index in [1.165, 1.54) is 12.1 Å². The average molecular weight is 377 g/mol. The highest BCUT2D eigenvalue weighted by Gasteiger charge is 2.51. The zero-order chi connectivity index (χ0) is 19.2. The van der Waals surface area contributed by atoms with Crippen LogP contribution in [0.5, 0.6) is 0 Å². The molecule has 2 aliphatic carbocycles. The van der Waals surface area contributed by atoms with Gasteiger partial charge in [-0.25, -0.2) is 8.78 Å². The highest BCUT2D eigenvalue weighted by atomic mass is 19.3. The maximum absolute atomic E-state index is 12.7. The van der Waals surface area contributed by atoms with Gasteiger partial charge in [0.15, 0.2) is 0 Å². The quantitative estimate of drug-likeness (QED) is 0.848. The van der Waals surface area contributed by atoms with Crippen LogP contribution in [0.4, 0.5) is 8.78 Å². The molecule has 0 atom stereocenters. The molecule has 3 fully saturated rings. The molecule has 1 spiro atoms. The largest absolute Gasteiger partial charge is 0.390 e. The number of hydrogen-bond donors (Lipinski definition) is 1. The van der Waals surface area contributed by atoms with Crippen LogP contribution in [-0.2, 0) is 11.2 Å². The second-order valence-electron chi connectivity index (χ2n) is 9.49. The van der Waals surface area contributed by atoms with Crippen LogP contribution in [0, 0.1) is 17.3 Å². The Morgan fingerprint density at radius 1 is 1.19 bits per heavy atom. The molecule has 1 aromatic carbocycles. The number of benzene rings is 1. The van der Waals surface area contributed by atoms with Gasteiger partial charge in [-0.1, -0.05) is 24.3 Å². The molecule has 1 saturated heterocycles. The minimum Gasteiger partial charge on any atom is -0.390 e. The van der Waals surface area contributed by atoms with Crippen LogP contribution in [0.2, 0.25) is 0 Å². The van der Waals surface area contributed by atoms with E-state index in [-0.39, 0.29) is 17.4 Å². The molecule has 3 nitrogen and oxygen atoms in total. The first-order valence-electron chi connectivity index (χ1n) is 10.1. The standard InChI is InChI=1S/C22H29F2NO2/c1-21(27)11-18(12-21)20(26)25-13-22(14-25)8-6-16(7-9-22)10-15-2-4-17(5-3-15)19(23)24/h2-5,16,18-19,27H,6-14H2,1H3/t18-,21+. The lowest BCUT2D eigenvalue weighted by molar-refractivity contribution is -0.163. The third-order valence-corrected chi connectivity index (χ3v) is 7.01. The van der Waals surface area contributed by atoms with Crippen molar-refractivity contribution in [3.05, 3.63) is 35.4 Å². The third-order valence-electron chi connectivity index (χ3n) is 7.01. The molecule has 27 heavy (non-hydrogen) atoms. The lowest BCUT2D eigenvalue weighted by Crippen LogP contribution is -2.62. The van der Waals surface area contributed by atoms with E-state index in [9.17, 15) is 18.7 Å². The molecule has 1 aliphatic heterocycles. The van der Waals surface area contributed by atoms with Gasteiger partial charge in [-0.2, -0.15) is 0 Å². The Hall–Kier alpha value is -1.49. The van der Waals surface area contributed by atoms with E-state index in [1.807, 2.05) is 17.0 Å². The van der Waals surface area contributed by atoms with E-state index in [4.69, 9.17) is 0 Å². The SMILES string of the molecule is C[C@]1(O)C[C@@H](C(=O)N2CC3(CCC(Cc4ccc(C(F)F)cc4)CC3)C2)C1. The van der Waals surface area contributed by atoms with E-state index in [0.717, 1.165) is 50.8 Å². The van der Waals surface area contributed by atoms with Crippen LogP contribution in [0.1, 0.15) is 63.0 Å². The molecule has 1 heterocycles. The Kier molecular flexibility index (Phi) is 4.77. The molecule has 4 rings (SSSR count). The molecule has 1 amide bonds. The van der Waals surface area contributed by atoms with Gasteiger partial charge in [-0.15, -0.1) is 0 Å². The molecule has 2 saturated carbocycles. The third kappa shape index (κ3) is 3.89. The van der Waals surface area contributed by atoms with Crippen LogP contribution >= 0.6 is 0 Å². The van der Waals surface area contributed by atoms with E-state index in [2.05, 4.69) is 0 Å². The lowest BCUT2D eigenvalue weighted by atomic mass is 9.64. The Balaban J connectivity index is 1.22. The maximum atomic E-state index is 12.7. The van der Waals surface area contributed by atoms with Gasteiger partial charge in [0.2, 0.25) is 5.91 Å². The van der Waals surface area contributed by atoms with Crippen LogP contribution < -0.4 is 0 Å². The summed E-state index contributed by atoms with van der Waals surface area (Å²) in [5.41, 5.74) is 0.892. The van der Waals surface area contributed by atoms with Gasteiger partial charge in [0.05, 0.1) is 5.60 Å². The molecule has 5 heteroatoms. The number of aliphatic hydroxyl groups is 1. The van der Waals surface area contributed by atoms with Gasteiger partial charge < -0.3 is 10.0 Å². The minimum atomic E-state index is -2.40. The normalized spacial score (nSPS) is 30.3. The topological polar surface area (TPSA) is 40.5 Å². The molecule has 0 bridgehead atoms. The highest BCUT2D eigenvalue weighted by molar-refractivity contribution is 5.81. The first-order valence-corrected chi connectivity index (χ1v) is 10.1. The maximum Gasteiger partial charge on any atom is 0.263 e. The number of nitrogens with zero attached hydrogens (tertiary/aromatic N) is 1. The Labute approximate surface area is 159 Å². The number of halogens is 2. The number of carbonyl (C=O) groups is 1. The molecule has 0 radical (unpaired) electrons. The second-order valence-corrected chi connectivity index (χ2v) is 9.49. The summed E-state index contributed by atoms with van der Waals surface area (Å²) in [6.07, 6.45) is 4.36. The average Bonchev–Trinajstić information content (AvgIpc) is 2.58. The monoisotopic (exact) mass is 377 g/mol. The zero-order valence-electron chi connectivity index (χ0n) is 16.0. The van der Waals surface area contributed by atoms with Crippen molar-refractivity contribution in [3.63, 3.8) is 0 Å². The predicted molar refractivity (Wildman–Crippen MR) is 99.4 cm³/mol. The summed E-state index contributed by atoms with van der Waals surface area (Å²) in [5, 5.41) is 9.83. The van der Waals surface area contributed by atoms with Gasteiger partial charge in [0, 0.05) is 30.0 Å². The fourth-order valence-corrected chi connectivity index (χ4v) is 5.30. The molecule has 0 unspecified atom stereocenters. The van der Waals surface area contributed by atoms with E-state index in [1.54, 1.807) is 6.92 Å². The van der Waals surface area contributed by atoms with Crippen molar-refractivity contribution in [1.82, 2.24) is 4.90 Å². The summed E-state index contributed by atoms with van der Waals surface area (Å²) >= 11 is 0. The Bertz CT molecular complexity index is 677. The summed E-state index contributed by atoms with van der Waals surface area (Å²) in [6.45, 7) is 3.55. The van der Waals surface area contributed by atoms with Crippen molar-refractivity contribution in [2.24, 2.45) is 17.3 Å².